The Balaban J connectivity index is 1.30. The van der Waals surface area contributed by atoms with Gasteiger partial charge in [0, 0.05) is 44.0 Å². The standard InChI is InChI=1S/C23H25N3O4/c1-30-23(29)19-8-6-18(7-9-19)22(28)25-14-12-24(13-15-25)16-21(27)26-11-10-17-4-2-3-5-20(17)26/h2-9H,10-16H2,1H3. The molecule has 2 aliphatic rings. The first-order chi connectivity index (χ1) is 14.6. The van der Waals surface area contributed by atoms with Gasteiger partial charge in [-0.2, -0.15) is 0 Å². The summed E-state index contributed by atoms with van der Waals surface area (Å²) >= 11 is 0. The molecular formula is C23H25N3O4. The number of esters is 1. The van der Waals surface area contributed by atoms with E-state index < -0.39 is 5.97 Å². The lowest BCUT2D eigenvalue weighted by molar-refractivity contribution is -0.120. The van der Waals surface area contributed by atoms with Crippen LogP contribution in [0.4, 0.5) is 5.69 Å². The van der Waals surface area contributed by atoms with Crippen molar-refractivity contribution in [2.24, 2.45) is 0 Å². The number of fused-ring (bicyclic) bond motifs is 1. The van der Waals surface area contributed by atoms with Gasteiger partial charge in [-0.15, -0.1) is 0 Å². The lowest BCUT2D eigenvalue weighted by Gasteiger charge is -2.35. The molecule has 0 aromatic heterocycles. The van der Waals surface area contributed by atoms with Crippen molar-refractivity contribution in [3.63, 3.8) is 0 Å². The second-order valence-electron chi connectivity index (χ2n) is 7.56. The van der Waals surface area contributed by atoms with E-state index in [1.54, 1.807) is 29.2 Å². The summed E-state index contributed by atoms with van der Waals surface area (Å²) in [5.74, 6) is -0.378. The van der Waals surface area contributed by atoms with E-state index in [4.69, 9.17) is 0 Å². The number of ether oxygens (including phenoxy) is 1. The maximum Gasteiger partial charge on any atom is 0.337 e. The summed E-state index contributed by atoms with van der Waals surface area (Å²) in [5.41, 5.74) is 3.20. The van der Waals surface area contributed by atoms with Crippen LogP contribution in [0.1, 0.15) is 26.3 Å². The molecule has 156 valence electrons. The maximum atomic E-state index is 12.8. The highest BCUT2D eigenvalue weighted by atomic mass is 16.5. The van der Waals surface area contributed by atoms with E-state index in [2.05, 4.69) is 15.7 Å². The zero-order valence-corrected chi connectivity index (χ0v) is 17.0. The molecule has 7 nitrogen and oxygen atoms in total. The minimum Gasteiger partial charge on any atom is -0.465 e. The zero-order valence-electron chi connectivity index (χ0n) is 17.0. The van der Waals surface area contributed by atoms with Gasteiger partial charge in [0.05, 0.1) is 19.2 Å². The van der Waals surface area contributed by atoms with Crippen molar-refractivity contribution in [2.45, 2.75) is 6.42 Å². The van der Waals surface area contributed by atoms with Crippen LogP contribution in [0.5, 0.6) is 0 Å². The summed E-state index contributed by atoms with van der Waals surface area (Å²) in [4.78, 5) is 42.8. The Morgan fingerprint density at radius 3 is 2.23 bits per heavy atom. The number of anilines is 1. The van der Waals surface area contributed by atoms with Crippen LogP contribution >= 0.6 is 0 Å². The summed E-state index contributed by atoms with van der Waals surface area (Å²) < 4.78 is 4.68. The molecule has 0 radical (unpaired) electrons. The molecule has 2 aromatic carbocycles. The first kappa shape index (κ1) is 20.1. The van der Waals surface area contributed by atoms with Crippen molar-refractivity contribution in [3.8, 4) is 0 Å². The average molecular weight is 407 g/mol. The Morgan fingerprint density at radius 1 is 0.867 bits per heavy atom. The van der Waals surface area contributed by atoms with E-state index in [0.29, 0.717) is 43.9 Å². The highest BCUT2D eigenvalue weighted by molar-refractivity contribution is 5.97. The molecule has 7 heteroatoms. The Bertz CT molecular complexity index is 949. The van der Waals surface area contributed by atoms with Crippen LogP contribution in [0.2, 0.25) is 0 Å². The van der Waals surface area contributed by atoms with Crippen LogP contribution in [0.25, 0.3) is 0 Å². The predicted octanol–water partition coefficient (Wildman–Crippen LogP) is 1.82. The molecule has 0 N–H and O–H groups in total. The normalized spacial score (nSPS) is 16.3. The van der Waals surface area contributed by atoms with Crippen molar-refractivity contribution >= 4 is 23.5 Å². The van der Waals surface area contributed by atoms with Crippen LogP contribution in [0, 0.1) is 0 Å². The van der Waals surface area contributed by atoms with E-state index in [9.17, 15) is 14.4 Å². The van der Waals surface area contributed by atoms with E-state index in [1.165, 1.54) is 12.7 Å². The number of para-hydroxylation sites is 1. The van der Waals surface area contributed by atoms with Crippen LogP contribution in [-0.4, -0.2) is 74.0 Å². The third-order valence-electron chi connectivity index (χ3n) is 5.76. The van der Waals surface area contributed by atoms with Gasteiger partial charge >= 0.3 is 5.97 Å². The molecule has 0 spiro atoms. The fourth-order valence-electron chi connectivity index (χ4n) is 4.03. The van der Waals surface area contributed by atoms with Crippen molar-refractivity contribution < 1.29 is 19.1 Å². The van der Waals surface area contributed by atoms with Crippen molar-refractivity contribution in [1.82, 2.24) is 9.80 Å². The van der Waals surface area contributed by atoms with Gasteiger partial charge in [-0.3, -0.25) is 14.5 Å². The van der Waals surface area contributed by atoms with Gasteiger partial charge in [-0.25, -0.2) is 4.79 Å². The molecule has 0 unspecified atom stereocenters. The van der Waals surface area contributed by atoms with Gasteiger partial charge in [0.1, 0.15) is 0 Å². The van der Waals surface area contributed by atoms with Gasteiger partial charge in [0.2, 0.25) is 5.91 Å². The third-order valence-corrected chi connectivity index (χ3v) is 5.76. The number of rotatable bonds is 4. The van der Waals surface area contributed by atoms with Gasteiger partial charge in [0.25, 0.3) is 5.91 Å². The molecule has 1 saturated heterocycles. The van der Waals surface area contributed by atoms with E-state index in [-0.39, 0.29) is 11.8 Å². The topological polar surface area (TPSA) is 70.2 Å². The van der Waals surface area contributed by atoms with Crippen LogP contribution in [-0.2, 0) is 16.0 Å². The van der Waals surface area contributed by atoms with Gasteiger partial charge in [-0.05, 0) is 42.3 Å². The van der Waals surface area contributed by atoms with E-state index in [1.807, 2.05) is 23.1 Å². The molecule has 4 rings (SSSR count). The summed E-state index contributed by atoms with van der Waals surface area (Å²) in [5, 5.41) is 0. The number of carbonyl (C=O) groups excluding carboxylic acids is 3. The monoisotopic (exact) mass is 407 g/mol. The quantitative estimate of drug-likeness (QED) is 0.723. The molecule has 2 aromatic rings. The molecule has 2 amide bonds. The largest absolute Gasteiger partial charge is 0.465 e. The number of hydrogen-bond acceptors (Lipinski definition) is 5. The van der Waals surface area contributed by atoms with Gasteiger partial charge < -0.3 is 14.5 Å². The molecule has 1 fully saturated rings. The first-order valence-electron chi connectivity index (χ1n) is 10.1. The van der Waals surface area contributed by atoms with Crippen molar-refractivity contribution in [1.29, 1.82) is 0 Å². The minimum absolute atomic E-state index is 0.0640. The van der Waals surface area contributed by atoms with Crippen molar-refractivity contribution in [2.75, 3.05) is 51.3 Å². The summed E-state index contributed by atoms with van der Waals surface area (Å²) in [6.45, 7) is 3.56. The summed E-state index contributed by atoms with van der Waals surface area (Å²) in [6, 6.07) is 14.5. The number of benzene rings is 2. The lowest BCUT2D eigenvalue weighted by Crippen LogP contribution is -2.51. The van der Waals surface area contributed by atoms with Crippen LogP contribution in [0.15, 0.2) is 48.5 Å². The van der Waals surface area contributed by atoms with E-state index >= 15 is 0 Å². The van der Waals surface area contributed by atoms with Gasteiger partial charge in [-0.1, -0.05) is 18.2 Å². The molecular weight excluding hydrogens is 382 g/mol. The first-order valence-corrected chi connectivity index (χ1v) is 10.1. The molecule has 2 heterocycles. The Kier molecular flexibility index (Phi) is 5.81. The Morgan fingerprint density at radius 2 is 1.53 bits per heavy atom. The smallest absolute Gasteiger partial charge is 0.337 e. The Hall–Kier alpha value is -3.19. The Labute approximate surface area is 175 Å². The second-order valence-corrected chi connectivity index (χ2v) is 7.56. The number of hydrogen-bond donors (Lipinski definition) is 0. The molecule has 0 atom stereocenters. The highest BCUT2D eigenvalue weighted by Gasteiger charge is 2.28. The minimum atomic E-state index is -0.423. The molecule has 0 bridgehead atoms. The number of carbonyl (C=O) groups is 3. The molecule has 30 heavy (non-hydrogen) atoms. The third kappa shape index (κ3) is 4.07. The van der Waals surface area contributed by atoms with Gasteiger partial charge in [0.15, 0.2) is 0 Å². The molecule has 2 aliphatic heterocycles. The molecule has 0 aliphatic carbocycles. The maximum absolute atomic E-state index is 12.8. The average Bonchev–Trinajstić information content (AvgIpc) is 3.23. The van der Waals surface area contributed by atoms with E-state index in [0.717, 1.165) is 18.7 Å². The lowest BCUT2D eigenvalue weighted by atomic mass is 10.1. The van der Waals surface area contributed by atoms with Crippen molar-refractivity contribution in [3.05, 3.63) is 65.2 Å². The predicted molar refractivity (Wildman–Crippen MR) is 113 cm³/mol. The number of piperazine rings is 1. The fourth-order valence-corrected chi connectivity index (χ4v) is 4.03. The fraction of sp³-hybridized carbons (Fsp3) is 0.348. The summed E-state index contributed by atoms with van der Waals surface area (Å²) in [7, 11) is 1.33. The molecule has 0 saturated carbocycles. The number of nitrogens with zero attached hydrogens (tertiary/aromatic N) is 3. The van der Waals surface area contributed by atoms with Crippen LogP contribution in [0.3, 0.4) is 0 Å². The SMILES string of the molecule is COC(=O)c1ccc(C(=O)N2CCN(CC(=O)N3CCc4ccccc43)CC2)cc1. The summed E-state index contributed by atoms with van der Waals surface area (Å²) in [6.07, 6.45) is 0.902. The zero-order chi connectivity index (χ0) is 21.1. The number of amides is 2. The second kappa shape index (κ2) is 8.67. The number of methoxy groups -OCH3 is 1. The highest BCUT2D eigenvalue weighted by Crippen LogP contribution is 2.27. The van der Waals surface area contributed by atoms with Crippen LogP contribution < -0.4 is 4.90 Å².